The minimum Gasteiger partial charge on any atom is -0.355 e. The third-order valence-electron chi connectivity index (χ3n) is 1.80. The summed E-state index contributed by atoms with van der Waals surface area (Å²) in [6.45, 7) is 1.80. The van der Waals surface area contributed by atoms with Gasteiger partial charge in [-0.3, -0.25) is 4.79 Å². The van der Waals surface area contributed by atoms with Gasteiger partial charge in [0.15, 0.2) is 11.6 Å². The Morgan fingerprint density at radius 3 is 2.88 bits per heavy atom. The number of carbonyl (C=O) groups excluding carboxylic acids is 1. The van der Waals surface area contributed by atoms with E-state index in [2.05, 4.69) is 17.2 Å². The molecule has 0 aliphatic heterocycles. The maximum atomic E-state index is 13.1. The maximum absolute atomic E-state index is 13.1. The van der Waals surface area contributed by atoms with Crippen molar-refractivity contribution in [2.24, 2.45) is 0 Å². The van der Waals surface area contributed by atoms with Crippen LogP contribution in [-0.2, 0) is 4.79 Å². The average molecular weight is 223 g/mol. The molecule has 0 radical (unpaired) electrons. The van der Waals surface area contributed by atoms with E-state index in [1.54, 1.807) is 0 Å². The fourth-order valence-electron chi connectivity index (χ4n) is 1.06. The lowest BCUT2D eigenvalue weighted by atomic mass is 10.2. The highest BCUT2D eigenvalue weighted by atomic mass is 19.2. The van der Waals surface area contributed by atoms with E-state index in [4.69, 9.17) is 0 Å². The van der Waals surface area contributed by atoms with Gasteiger partial charge in [0.2, 0.25) is 5.91 Å². The molecular formula is C12H11F2NO. The SMILES string of the molecule is CC(=O)NCCC#Cc1cccc(F)c1F. The van der Waals surface area contributed by atoms with Crippen LogP contribution in [0.5, 0.6) is 0 Å². The number of rotatable bonds is 2. The molecule has 0 spiro atoms. The summed E-state index contributed by atoms with van der Waals surface area (Å²) in [5, 5.41) is 2.55. The predicted octanol–water partition coefficient (Wildman–Crippen LogP) is 1.84. The molecule has 0 bridgehead atoms. The topological polar surface area (TPSA) is 29.1 Å². The van der Waals surface area contributed by atoms with Crippen LogP contribution in [-0.4, -0.2) is 12.5 Å². The van der Waals surface area contributed by atoms with E-state index in [0.29, 0.717) is 13.0 Å². The first-order chi connectivity index (χ1) is 7.61. The second-order valence-corrected chi connectivity index (χ2v) is 3.14. The summed E-state index contributed by atoms with van der Waals surface area (Å²) in [5.41, 5.74) is 0.0304. The molecule has 1 aromatic carbocycles. The van der Waals surface area contributed by atoms with E-state index in [1.165, 1.54) is 19.1 Å². The Hall–Kier alpha value is -1.89. The Kier molecular flexibility index (Phi) is 4.46. The second-order valence-electron chi connectivity index (χ2n) is 3.14. The third-order valence-corrected chi connectivity index (χ3v) is 1.80. The van der Waals surface area contributed by atoms with E-state index < -0.39 is 11.6 Å². The van der Waals surface area contributed by atoms with Gasteiger partial charge in [-0.2, -0.15) is 0 Å². The number of nitrogens with one attached hydrogen (secondary N) is 1. The van der Waals surface area contributed by atoms with Crippen molar-refractivity contribution in [1.82, 2.24) is 5.32 Å². The fraction of sp³-hybridized carbons (Fsp3) is 0.250. The Labute approximate surface area is 92.7 Å². The van der Waals surface area contributed by atoms with Crippen LogP contribution in [0.3, 0.4) is 0 Å². The minimum atomic E-state index is -0.936. The Balaban J connectivity index is 2.56. The van der Waals surface area contributed by atoms with Crippen LogP contribution in [0.1, 0.15) is 18.9 Å². The lowest BCUT2D eigenvalue weighted by Crippen LogP contribution is -2.20. The van der Waals surface area contributed by atoms with Gasteiger partial charge in [0.1, 0.15) is 0 Å². The summed E-state index contributed by atoms with van der Waals surface area (Å²) >= 11 is 0. The van der Waals surface area contributed by atoms with Gasteiger partial charge in [-0.05, 0) is 12.1 Å². The van der Waals surface area contributed by atoms with Crippen molar-refractivity contribution in [3.8, 4) is 11.8 Å². The maximum Gasteiger partial charge on any atom is 0.216 e. The molecule has 0 atom stereocenters. The molecule has 1 aromatic rings. The lowest BCUT2D eigenvalue weighted by molar-refractivity contribution is -0.118. The molecule has 0 fully saturated rings. The standard InChI is InChI=1S/C12H11F2NO/c1-9(16)15-8-3-2-5-10-6-4-7-11(13)12(10)14/h4,6-7H,3,8H2,1H3,(H,15,16). The Bertz CT molecular complexity index is 446. The van der Waals surface area contributed by atoms with Crippen molar-refractivity contribution < 1.29 is 13.6 Å². The molecule has 0 heterocycles. The molecule has 0 saturated heterocycles. The molecule has 0 aliphatic rings. The first kappa shape index (κ1) is 12.2. The van der Waals surface area contributed by atoms with Crippen molar-refractivity contribution in [2.75, 3.05) is 6.54 Å². The molecule has 1 rings (SSSR count). The van der Waals surface area contributed by atoms with Crippen molar-refractivity contribution in [3.05, 3.63) is 35.4 Å². The monoisotopic (exact) mass is 223 g/mol. The number of carbonyl (C=O) groups is 1. The van der Waals surface area contributed by atoms with E-state index in [9.17, 15) is 13.6 Å². The Morgan fingerprint density at radius 1 is 1.44 bits per heavy atom. The average Bonchev–Trinajstić information content (AvgIpc) is 2.23. The zero-order valence-corrected chi connectivity index (χ0v) is 8.81. The van der Waals surface area contributed by atoms with Gasteiger partial charge in [-0.15, -0.1) is 0 Å². The first-order valence-corrected chi connectivity index (χ1v) is 4.78. The number of benzene rings is 1. The van der Waals surface area contributed by atoms with Crippen LogP contribution >= 0.6 is 0 Å². The molecule has 0 aliphatic carbocycles. The summed E-state index contributed by atoms with van der Waals surface area (Å²) in [4.78, 5) is 10.5. The van der Waals surface area contributed by atoms with E-state index >= 15 is 0 Å². The smallest absolute Gasteiger partial charge is 0.216 e. The summed E-state index contributed by atoms with van der Waals surface area (Å²) in [7, 11) is 0. The van der Waals surface area contributed by atoms with Crippen molar-refractivity contribution in [2.45, 2.75) is 13.3 Å². The van der Waals surface area contributed by atoms with Gasteiger partial charge < -0.3 is 5.32 Å². The molecular weight excluding hydrogens is 212 g/mol. The predicted molar refractivity (Wildman–Crippen MR) is 56.5 cm³/mol. The molecule has 0 aromatic heterocycles. The molecule has 1 N–H and O–H groups in total. The quantitative estimate of drug-likeness (QED) is 0.601. The molecule has 0 unspecified atom stereocenters. The zero-order chi connectivity index (χ0) is 12.0. The highest BCUT2D eigenvalue weighted by molar-refractivity contribution is 5.72. The van der Waals surface area contributed by atoms with Crippen LogP contribution < -0.4 is 5.32 Å². The molecule has 0 saturated carbocycles. The van der Waals surface area contributed by atoms with Gasteiger partial charge >= 0.3 is 0 Å². The lowest BCUT2D eigenvalue weighted by Gasteiger charge is -1.96. The summed E-state index contributed by atoms with van der Waals surface area (Å²) in [6, 6.07) is 3.85. The van der Waals surface area contributed by atoms with Crippen LogP contribution in [0, 0.1) is 23.5 Å². The highest BCUT2D eigenvalue weighted by Gasteiger charge is 2.03. The van der Waals surface area contributed by atoms with Gasteiger partial charge in [0.05, 0.1) is 5.56 Å². The van der Waals surface area contributed by atoms with Gasteiger partial charge in [-0.25, -0.2) is 8.78 Å². The van der Waals surface area contributed by atoms with E-state index in [1.807, 2.05) is 0 Å². The molecule has 16 heavy (non-hydrogen) atoms. The Morgan fingerprint density at radius 2 is 2.19 bits per heavy atom. The molecule has 84 valence electrons. The first-order valence-electron chi connectivity index (χ1n) is 4.78. The largest absolute Gasteiger partial charge is 0.355 e. The number of hydrogen-bond acceptors (Lipinski definition) is 1. The minimum absolute atomic E-state index is 0.0304. The summed E-state index contributed by atoms with van der Waals surface area (Å²) in [5.74, 6) is 3.18. The van der Waals surface area contributed by atoms with E-state index in [-0.39, 0.29) is 11.5 Å². The zero-order valence-electron chi connectivity index (χ0n) is 8.81. The summed E-state index contributed by atoms with van der Waals surface area (Å²) < 4.78 is 25.9. The van der Waals surface area contributed by atoms with Crippen molar-refractivity contribution >= 4 is 5.91 Å². The number of hydrogen-bond donors (Lipinski definition) is 1. The molecule has 2 nitrogen and oxygen atoms in total. The van der Waals surface area contributed by atoms with Crippen LogP contribution in [0.2, 0.25) is 0 Å². The van der Waals surface area contributed by atoms with Crippen LogP contribution in [0.4, 0.5) is 8.78 Å². The van der Waals surface area contributed by atoms with Gasteiger partial charge in [-0.1, -0.05) is 17.9 Å². The van der Waals surface area contributed by atoms with Gasteiger partial charge in [0.25, 0.3) is 0 Å². The number of amides is 1. The van der Waals surface area contributed by atoms with Crippen LogP contribution in [0.15, 0.2) is 18.2 Å². The molecule has 4 heteroatoms. The fourth-order valence-corrected chi connectivity index (χ4v) is 1.06. The normalized spacial score (nSPS) is 9.19. The van der Waals surface area contributed by atoms with Gasteiger partial charge in [0, 0.05) is 19.9 Å². The van der Waals surface area contributed by atoms with Crippen molar-refractivity contribution in [3.63, 3.8) is 0 Å². The van der Waals surface area contributed by atoms with Crippen LogP contribution in [0.25, 0.3) is 0 Å². The number of halogens is 2. The third kappa shape index (κ3) is 3.70. The van der Waals surface area contributed by atoms with Crippen molar-refractivity contribution in [1.29, 1.82) is 0 Å². The summed E-state index contributed by atoms with van der Waals surface area (Å²) in [6.07, 6.45) is 0.398. The molecule has 1 amide bonds. The second kappa shape index (κ2) is 5.86. The highest BCUT2D eigenvalue weighted by Crippen LogP contribution is 2.09. The van der Waals surface area contributed by atoms with E-state index in [0.717, 1.165) is 6.07 Å².